The lowest BCUT2D eigenvalue weighted by Crippen LogP contribution is -2.45. The molecule has 1 heterocycles. The number of aromatic nitrogens is 1. The second kappa shape index (κ2) is 6.84. The third-order valence-electron chi connectivity index (χ3n) is 4.34. The molecule has 118 valence electrons. The van der Waals surface area contributed by atoms with Gasteiger partial charge in [-0.05, 0) is 44.1 Å². The standard InChI is InChI=1S/C16H25ClN2O2/c1-3-8-19-10-13(17)9-14(19)15(20)18-11-16(21)6-4-12(2)5-7-16/h9-10,12,21H,3-8,11H2,1-2H3,(H,18,20). The zero-order valence-electron chi connectivity index (χ0n) is 12.9. The Labute approximate surface area is 131 Å². The molecule has 4 nitrogen and oxygen atoms in total. The number of nitrogens with one attached hydrogen (secondary N) is 1. The van der Waals surface area contributed by atoms with Crippen molar-refractivity contribution < 1.29 is 9.90 Å². The van der Waals surface area contributed by atoms with Crippen LogP contribution in [0.2, 0.25) is 5.02 Å². The summed E-state index contributed by atoms with van der Waals surface area (Å²) in [5.74, 6) is 0.504. The molecule has 0 bridgehead atoms. The van der Waals surface area contributed by atoms with E-state index in [4.69, 9.17) is 11.6 Å². The first-order valence-corrected chi connectivity index (χ1v) is 8.17. The fourth-order valence-electron chi connectivity index (χ4n) is 2.90. The monoisotopic (exact) mass is 312 g/mol. The van der Waals surface area contributed by atoms with E-state index in [1.165, 1.54) is 0 Å². The summed E-state index contributed by atoms with van der Waals surface area (Å²) in [5.41, 5.74) is -0.191. The Bertz CT molecular complexity index is 490. The van der Waals surface area contributed by atoms with E-state index in [0.29, 0.717) is 23.2 Å². The molecule has 1 aromatic rings. The van der Waals surface area contributed by atoms with Crippen LogP contribution < -0.4 is 5.32 Å². The van der Waals surface area contributed by atoms with Crippen LogP contribution in [0, 0.1) is 5.92 Å². The number of rotatable bonds is 5. The summed E-state index contributed by atoms with van der Waals surface area (Å²) in [4.78, 5) is 12.3. The lowest BCUT2D eigenvalue weighted by atomic mass is 9.79. The second-order valence-electron chi connectivity index (χ2n) is 6.33. The molecule has 0 unspecified atom stereocenters. The molecule has 21 heavy (non-hydrogen) atoms. The molecule has 2 N–H and O–H groups in total. The van der Waals surface area contributed by atoms with Crippen LogP contribution in [0.3, 0.4) is 0 Å². The van der Waals surface area contributed by atoms with Gasteiger partial charge in [-0.3, -0.25) is 4.79 Å². The van der Waals surface area contributed by atoms with E-state index in [1.54, 1.807) is 12.3 Å². The fraction of sp³-hybridized carbons (Fsp3) is 0.688. The minimum absolute atomic E-state index is 0.164. The number of amides is 1. The molecule has 1 aliphatic rings. The summed E-state index contributed by atoms with van der Waals surface area (Å²) in [6, 6.07) is 1.68. The van der Waals surface area contributed by atoms with Crippen LogP contribution in [0.25, 0.3) is 0 Å². The van der Waals surface area contributed by atoms with Crippen LogP contribution in [-0.2, 0) is 6.54 Å². The summed E-state index contributed by atoms with van der Waals surface area (Å²) in [6.45, 7) is 5.34. The van der Waals surface area contributed by atoms with Crippen LogP contribution in [0.15, 0.2) is 12.3 Å². The summed E-state index contributed by atoms with van der Waals surface area (Å²) in [6.07, 6.45) is 6.26. The van der Waals surface area contributed by atoms with E-state index >= 15 is 0 Å². The fourth-order valence-corrected chi connectivity index (χ4v) is 3.12. The van der Waals surface area contributed by atoms with Crippen LogP contribution in [0.4, 0.5) is 0 Å². The molecular weight excluding hydrogens is 288 g/mol. The van der Waals surface area contributed by atoms with Gasteiger partial charge in [-0.2, -0.15) is 0 Å². The van der Waals surface area contributed by atoms with Crippen molar-refractivity contribution >= 4 is 17.5 Å². The lowest BCUT2D eigenvalue weighted by Gasteiger charge is -2.34. The molecule has 0 radical (unpaired) electrons. The number of hydrogen-bond acceptors (Lipinski definition) is 2. The van der Waals surface area contributed by atoms with Crippen LogP contribution in [0.1, 0.15) is 56.4 Å². The third kappa shape index (κ3) is 4.24. The van der Waals surface area contributed by atoms with Crippen molar-refractivity contribution in [3.8, 4) is 0 Å². The topological polar surface area (TPSA) is 54.3 Å². The summed E-state index contributed by atoms with van der Waals surface area (Å²) in [7, 11) is 0. The van der Waals surface area contributed by atoms with Gasteiger partial charge in [0.05, 0.1) is 10.6 Å². The minimum atomic E-state index is -0.756. The Morgan fingerprint density at radius 2 is 2.19 bits per heavy atom. The molecule has 1 fully saturated rings. The molecule has 0 aliphatic heterocycles. The molecule has 1 saturated carbocycles. The van der Waals surface area contributed by atoms with Gasteiger partial charge < -0.3 is 15.0 Å². The highest BCUT2D eigenvalue weighted by Gasteiger charge is 2.32. The van der Waals surface area contributed by atoms with Crippen molar-refractivity contribution in [1.82, 2.24) is 9.88 Å². The molecule has 1 amide bonds. The predicted octanol–water partition coefficient (Wildman–Crippen LogP) is 3.22. The Balaban J connectivity index is 1.95. The number of carbonyl (C=O) groups excluding carboxylic acids is 1. The number of aliphatic hydroxyl groups is 1. The molecular formula is C16H25ClN2O2. The summed E-state index contributed by atoms with van der Waals surface area (Å²) >= 11 is 5.99. The van der Waals surface area contributed by atoms with E-state index in [-0.39, 0.29) is 5.91 Å². The summed E-state index contributed by atoms with van der Waals surface area (Å²) < 4.78 is 1.87. The molecule has 1 aliphatic carbocycles. The molecule has 0 saturated heterocycles. The van der Waals surface area contributed by atoms with E-state index in [1.807, 2.05) is 4.57 Å². The van der Waals surface area contributed by atoms with Gasteiger partial charge in [0.15, 0.2) is 0 Å². The van der Waals surface area contributed by atoms with E-state index in [9.17, 15) is 9.90 Å². The Morgan fingerprint density at radius 3 is 2.81 bits per heavy atom. The summed E-state index contributed by atoms with van der Waals surface area (Å²) in [5, 5.41) is 14.0. The largest absolute Gasteiger partial charge is 0.388 e. The average Bonchev–Trinajstić information content (AvgIpc) is 2.81. The van der Waals surface area contributed by atoms with Crippen molar-refractivity contribution in [3.05, 3.63) is 23.0 Å². The van der Waals surface area contributed by atoms with E-state index in [0.717, 1.165) is 38.6 Å². The van der Waals surface area contributed by atoms with Gasteiger partial charge in [-0.15, -0.1) is 0 Å². The number of nitrogens with zero attached hydrogens (tertiary/aromatic N) is 1. The zero-order chi connectivity index (χ0) is 15.5. The minimum Gasteiger partial charge on any atom is -0.388 e. The highest BCUT2D eigenvalue weighted by atomic mass is 35.5. The Morgan fingerprint density at radius 1 is 1.52 bits per heavy atom. The average molecular weight is 313 g/mol. The quantitative estimate of drug-likeness (QED) is 0.877. The zero-order valence-corrected chi connectivity index (χ0v) is 13.6. The van der Waals surface area contributed by atoms with Crippen LogP contribution >= 0.6 is 11.6 Å². The molecule has 0 aromatic carbocycles. The molecule has 0 spiro atoms. The van der Waals surface area contributed by atoms with Gasteiger partial charge in [0.2, 0.25) is 0 Å². The van der Waals surface area contributed by atoms with Crippen LogP contribution in [0.5, 0.6) is 0 Å². The first-order chi connectivity index (χ1) is 9.93. The lowest BCUT2D eigenvalue weighted by molar-refractivity contribution is -0.00546. The smallest absolute Gasteiger partial charge is 0.268 e. The molecule has 1 aromatic heterocycles. The van der Waals surface area contributed by atoms with Gasteiger partial charge in [0, 0.05) is 19.3 Å². The number of hydrogen-bond donors (Lipinski definition) is 2. The van der Waals surface area contributed by atoms with Gasteiger partial charge in [0.25, 0.3) is 5.91 Å². The number of halogens is 1. The van der Waals surface area contributed by atoms with E-state index in [2.05, 4.69) is 19.2 Å². The van der Waals surface area contributed by atoms with Gasteiger partial charge >= 0.3 is 0 Å². The van der Waals surface area contributed by atoms with Crippen molar-refractivity contribution in [2.24, 2.45) is 5.92 Å². The Hall–Kier alpha value is -1.00. The van der Waals surface area contributed by atoms with Crippen molar-refractivity contribution in [2.75, 3.05) is 6.54 Å². The maximum atomic E-state index is 12.3. The Kier molecular flexibility index (Phi) is 5.33. The molecule has 5 heteroatoms. The molecule has 0 atom stereocenters. The normalized spacial score (nSPS) is 25.8. The second-order valence-corrected chi connectivity index (χ2v) is 6.76. The van der Waals surface area contributed by atoms with Crippen molar-refractivity contribution in [2.45, 2.75) is 58.1 Å². The molecule has 2 rings (SSSR count). The number of aryl methyl sites for hydroxylation is 1. The van der Waals surface area contributed by atoms with Gasteiger partial charge in [-0.1, -0.05) is 25.4 Å². The highest BCUT2D eigenvalue weighted by molar-refractivity contribution is 6.31. The first kappa shape index (κ1) is 16.4. The third-order valence-corrected chi connectivity index (χ3v) is 4.55. The maximum absolute atomic E-state index is 12.3. The first-order valence-electron chi connectivity index (χ1n) is 7.80. The predicted molar refractivity (Wildman–Crippen MR) is 84.6 cm³/mol. The van der Waals surface area contributed by atoms with Crippen molar-refractivity contribution in [3.63, 3.8) is 0 Å². The maximum Gasteiger partial charge on any atom is 0.268 e. The SMILES string of the molecule is CCCn1cc(Cl)cc1C(=O)NCC1(O)CCC(C)CC1. The highest BCUT2D eigenvalue weighted by Crippen LogP contribution is 2.31. The van der Waals surface area contributed by atoms with Gasteiger partial charge in [-0.25, -0.2) is 0 Å². The van der Waals surface area contributed by atoms with Crippen molar-refractivity contribution in [1.29, 1.82) is 0 Å². The van der Waals surface area contributed by atoms with E-state index < -0.39 is 5.60 Å². The number of carbonyl (C=O) groups is 1. The van der Waals surface area contributed by atoms with Crippen LogP contribution in [-0.4, -0.2) is 27.7 Å². The van der Waals surface area contributed by atoms with Gasteiger partial charge in [0.1, 0.15) is 5.69 Å².